The maximum absolute atomic E-state index is 2.31. The Hall–Kier alpha value is -2.11. The van der Waals surface area contributed by atoms with Gasteiger partial charge >= 0.3 is 26.2 Å². The van der Waals surface area contributed by atoms with E-state index in [1.54, 1.807) is 0 Å². The summed E-state index contributed by atoms with van der Waals surface area (Å²) in [5.74, 6) is 1.37. The molecule has 0 unspecified atom stereocenters. The molecule has 0 fully saturated rings. The van der Waals surface area contributed by atoms with Gasteiger partial charge in [0.25, 0.3) is 0 Å². The standard InChI is InChI=1S/C27H25.Zr/c1-20-9-6-14-24(17-20)27(25-15-7-10-21(2)18-25)26-16-8-13-23(26)19-22-11-4-3-5-12-22;/h3-15,17-18H,16,19H2,1-2H3;/q-1;+2. The molecular formula is C27H25Zr+. The Morgan fingerprint density at radius 2 is 1.36 bits per heavy atom. The fraction of sp³-hybridized carbons (Fsp3) is 0.148. The van der Waals surface area contributed by atoms with Gasteiger partial charge in [-0.3, -0.25) is 0 Å². The van der Waals surface area contributed by atoms with Crippen molar-refractivity contribution in [3.8, 4) is 0 Å². The normalized spacial score (nSPS) is 12.8. The Kier molecular flexibility index (Phi) is 6.92. The summed E-state index contributed by atoms with van der Waals surface area (Å²) >= 11 is 0. The van der Waals surface area contributed by atoms with Gasteiger partial charge in [0.15, 0.2) is 0 Å². The van der Waals surface area contributed by atoms with Crippen LogP contribution in [-0.2, 0) is 32.6 Å². The molecule has 1 heteroatoms. The summed E-state index contributed by atoms with van der Waals surface area (Å²) < 4.78 is 0. The molecule has 3 aromatic rings. The van der Waals surface area contributed by atoms with Crippen molar-refractivity contribution in [3.63, 3.8) is 0 Å². The first kappa shape index (κ1) is 20.6. The second-order valence-electron chi connectivity index (χ2n) is 7.39. The van der Waals surface area contributed by atoms with Gasteiger partial charge in [-0.2, -0.15) is 0 Å². The van der Waals surface area contributed by atoms with E-state index in [2.05, 4.69) is 105 Å². The molecule has 0 spiro atoms. The Balaban J connectivity index is 0.00000225. The van der Waals surface area contributed by atoms with E-state index >= 15 is 0 Å². The zero-order valence-electron chi connectivity index (χ0n) is 16.6. The largest absolute Gasteiger partial charge is 2.00 e. The molecule has 0 N–H and O–H groups in total. The third-order valence-electron chi connectivity index (χ3n) is 5.18. The summed E-state index contributed by atoms with van der Waals surface area (Å²) in [4.78, 5) is 0. The Labute approximate surface area is 188 Å². The van der Waals surface area contributed by atoms with Gasteiger partial charge in [-0.15, -0.1) is 35.4 Å². The van der Waals surface area contributed by atoms with Gasteiger partial charge in [-0.05, 0) is 32.3 Å². The van der Waals surface area contributed by atoms with Crippen LogP contribution in [0.25, 0.3) is 0 Å². The molecule has 1 aliphatic carbocycles. The average Bonchev–Trinajstić information content (AvgIpc) is 3.11. The topological polar surface area (TPSA) is 0 Å². The summed E-state index contributed by atoms with van der Waals surface area (Å²) in [6.07, 6.45) is 6.60. The minimum atomic E-state index is 0. The van der Waals surface area contributed by atoms with Gasteiger partial charge in [0, 0.05) is 0 Å². The van der Waals surface area contributed by atoms with Gasteiger partial charge in [-0.25, -0.2) is 0 Å². The zero-order valence-corrected chi connectivity index (χ0v) is 19.0. The number of allylic oxidation sites excluding steroid dienone is 4. The van der Waals surface area contributed by atoms with Crippen molar-refractivity contribution in [1.82, 2.24) is 0 Å². The minimum absolute atomic E-state index is 0. The van der Waals surface area contributed by atoms with Gasteiger partial charge < -0.3 is 0 Å². The summed E-state index contributed by atoms with van der Waals surface area (Å²) in [7, 11) is 0. The van der Waals surface area contributed by atoms with Crippen LogP contribution in [0.3, 0.4) is 0 Å². The van der Waals surface area contributed by atoms with Crippen molar-refractivity contribution in [3.05, 3.63) is 136 Å². The number of hydrogen-bond donors (Lipinski definition) is 0. The van der Waals surface area contributed by atoms with Crippen molar-refractivity contribution in [2.45, 2.75) is 26.7 Å². The quantitative estimate of drug-likeness (QED) is 0.384. The molecule has 0 nitrogen and oxygen atoms in total. The predicted molar refractivity (Wildman–Crippen MR) is 115 cm³/mol. The maximum Gasteiger partial charge on any atom is 2.00 e. The fourth-order valence-electron chi connectivity index (χ4n) is 3.91. The first-order valence-corrected chi connectivity index (χ1v) is 9.64. The van der Waals surface area contributed by atoms with Gasteiger partial charge in [0.05, 0.1) is 0 Å². The van der Waals surface area contributed by atoms with Crippen LogP contribution in [0.2, 0.25) is 0 Å². The third kappa shape index (κ3) is 4.65. The Morgan fingerprint density at radius 1 is 0.750 bits per heavy atom. The van der Waals surface area contributed by atoms with E-state index in [4.69, 9.17) is 0 Å². The molecule has 136 valence electrons. The molecule has 0 aromatic heterocycles. The van der Waals surface area contributed by atoms with Gasteiger partial charge in [-0.1, -0.05) is 94.9 Å². The molecular weight excluding hydrogens is 416 g/mol. The van der Waals surface area contributed by atoms with E-state index in [1.807, 2.05) is 0 Å². The van der Waals surface area contributed by atoms with E-state index < -0.39 is 0 Å². The van der Waals surface area contributed by atoms with Gasteiger partial charge in [0.2, 0.25) is 0 Å². The van der Waals surface area contributed by atoms with E-state index in [-0.39, 0.29) is 26.2 Å². The van der Waals surface area contributed by atoms with Gasteiger partial charge in [0.1, 0.15) is 0 Å². The average molecular weight is 441 g/mol. The van der Waals surface area contributed by atoms with E-state index in [0.717, 1.165) is 12.8 Å². The third-order valence-corrected chi connectivity index (χ3v) is 5.18. The van der Waals surface area contributed by atoms with Crippen LogP contribution in [0.4, 0.5) is 0 Å². The van der Waals surface area contributed by atoms with Crippen LogP contribution in [0.15, 0.2) is 102 Å². The second kappa shape index (κ2) is 9.39. The number of aryl methyl sites for hydroxylation is 2. The summed E-state index contributed by atoms with van der Waals surface area (Å²) in [6, 6.07) is 28.6. The molecule has 0 heterocycles. The van der Waals surface area contributed by atoms with Crippen LogP contribution in [0, 0.1) is 19.8 Å². The molecule has 1 aliphatic rings. The maximum atomic E-state index is 2.31. The van der Waals surface area contributed by atoms with E-state index in [9.17, 15) is 0 Å². The van der Waals surface area contributed by atoms with E-state index in [1.165, 1.54) is 44.9 Å². The monoisotopic (exact) mass is 439 g/mol. The molecule has 0 atom stereocenters. The molecule has 0 aliphatic heterocycles. The molecule has 3 aromatic carbocycles. The Morgan fingerprint density at radius 3 is 1.93 bits per heavy atom. The van der Waals surface area contributed by atoms with Crippen LogP contribution >= 0.6 is 0 Å². The van der Waals surface area contributed by atoms with Crippen molar-refractivity contribution in [2.75, 3.05) is 0 Å². The number of hydrogen-bond acceptors (Lipinski definition) is 0. The molecule has 0 saturated heterocycles. The van der Waals surface area contributed by atoms with Crippen LogP contribution in [0.5, 0.6) is 0 Å². The number of benzene rings is 3. The SMILES string of the molecule is Cc1cccc([C-](C2=C(Cc3ccccc3)C=CC2)c2cccc(C)c2)c1.[Zr+2]. The zero-order chi connectivity index (χ0) is 18.6. The second-order valence-corrected chi connectivity index (χ2v) is 7.39. The molecule has 0 radical (unpaired) electrons. The molecule has 4 rings (SSSR count). The van der Waals surface area contributed by atoms with E-state index in [0.29, 0.717) is 0 Å². The Bertz CT molecular complexity index is 950. The van der Waals surface area contributed by atoms with Crippen LogP contribution < -0.4 is 0 Å². The first-order valence-electron chi connectivity index (χ1n) is 9.64. The van der Waals surface area contributed by atoms with Crippen LogP contribution in [0.1, 0.15) is 34.2 Å². The molecule has 0 amide bonds. The van der Waals surface area contributed by atoms with Crippen molar-refractivity contribution in [1.29, 1.82) is 0 Å². The molecule has 0 saturated carbocycles. The minimum Gasteiger partial charge on any atom is -0.108 e. The summed E-state index contributed by atoms with van der Waals surface area (Å²) in [6.45, 7) is 4.34. The molecule has 28 heavy (non-hydrogen) atoms. The van der Waals surface area contributed by atoms with Crippen molar-refractivity contribution < 1.29 is 26.2 Å². The summed E-state index contributed by atoms with van der Waals surface area (Å²) in [5.41, 5.74) is 9.47. The first-order chi connectivity index (χ1) is 13.2. The summed E-state index contributed by atoms with van der Waals surface area (Å²) in [5, 5.41) is 0. The van der Waals surface area contributed by atoms with Crippen LogP contribution in [-0.4, -0.2) is 0 Å². The smallest absolute Gasteiger partial charge is 0.108 e. The predicted octanol–water partition coefficient (Wildman–Crippen LogP) is 6.77. The van der Waals surface area contributed by atoms with Crippen molar-refractivity contribution >= 4 is 0 Å². The number of rotatable bonds is 5. The van der Waals surface area contributed by atoms with Crippen molar-refractivity contribution in [2.24, 2.45) is 0 Å². The fourth-order valence-corrected chi connectivity index (χ4v) is 3.91. The molecule has 0 bridgehead atoms.